The van der Waals surface area contributed by atoms with Crippen molar-refractivity contribution in [1.29, 1.82) is 0 Å². The maximum atomic E-state index is 5.57. The minimum Gasteiger partial charge on any atom is -0.368 e. The highest BCUT2D eigenvalue weighted by Crippen LogP contribution is 2.24. The molecule has 0 bridgehead atoms. The van der Waals surface area contributed by atoms with Crippen LogP contribution in [0.4, 0.5) is 17.7 Å². The highest BCUT2D eigenvalue weighted by Gasteiger charge is 2.11. The van der Waals surface area contributed by atoms with Crippen LogP contribution >= 0.6 is 0 Å². The lowest BCUT2D eigenvalue weighted by Crippen LogP contribution is -2.12. The van der Waals surface area contributed by atoms with Gasteiger partial charge in [0.05, 0.1) is 17.2 Å². The van der Waals surface area contributed by atoms with E-state index in [1.165, 1.54) is 5.56 Å². The number of aryl methyl sites for hydroxylation is 2. The maximum Gasteiger partial charge on any atom is 0.222 e. The molecule has 0 unspecified atom stereocenters. The molecule has 8 nitrogen and oxygen atoms in total. The molecule has 0 saturated carbocycles. The molecule has 3 rings (SSSR count). The van der Waals surface area contributed by atoms with Gasteiger partial charge in [0.2, 0.25) is 11.9 Å². The summed E-state index contributed by atoms with van der Waals surface area (Å²) >= 11 is 0. The van der Waals surface area contributed by atoms with Gasteiger partial charge in [-0.1, -0.05) is 21.3 Å². The molecule has 0 aliphatic heterocycles. The fourth-order valence-corrected chi connectivity index (χ4v) is 2.58. The second-order valence-corrected chi connectivity index (χ2v) is 6.86. The van der Waals surface area contributed by atoms with Crippen LogP contribution in [0, 0.1) is 6.92 Å². The zero-order chi connectivity index (χ0) is 19.4. The quantitative estimate of drug-likeness (QED) is 0.643. The molecule has 0 amide bonds. The van der Waals surface area contributed by atoms with E-state index in [4.69, 9.17) is 11.5 Å². The van der Waals surface area contributed by atoms with Crippen LogP contribution in [0.15, 0.2) is 18.5 Å². The van der Waals surface area contributed by atoms with Gasteiger partial charge in [-0.05, 0) is 32.3 Å². The van der Waals surface area contributed by atoms with Crippen molar-refractivity contribution in [3.63, 3.8) is 0 Å². The van der Waals surface area contributed by atoms with Crippen LogP contribution in [-0.2, 0) is 7.05 Å². The molecule has 0 fully saturated rings. The minimum absolute atomic E-state index is 0. The van der Waals surface area contributed by atoms with Crippen molar-refractivity contribution in [3.8, 4) is 0 Å². The van der Waals surface area contributed by atoms with Gasteiger partial charge in [-0.15, -0.1) is 0 Å². The van der Waals surface area contributed by atoms with Crippen molar-refractivity contribution in [2.45, 2.75) is 54.0 Å². The SMILES string of the molecule is C.CC(C)c1cn(C)c2cnc(N)nc12.Cc1cc(NC(C)C)nc(N)n1. The van der Waals surface area contributed by atoms with Gasteiger partial charge in [-0.3, -0.25) is 0 Å². The number of nitrogens with two attached hydrogens (primary N) is 2. The minimum atomic E-state index is 0. The Labute approximate surface area is 161 Å². The summed E-state index contributed by atoms with van der Waals surface area (Å²) in [6, 6.07) is 2.23. The molecule has 0 atom stereocenters. The molecule has 8 heteroatoms. The molecule has 5 N–H and O–H groups in total. The number of fused-ring (bicyclic) bond motifs is 1. The van der Waals surface area contributed by atoms with Crippen LogP contribution in [0.1, 0.15) is 52.3 Å². The van der Waals surface area contributed by atoms with Crippen molar-refractivity contribution in [2.24, 2.45) is 7.05 Å². The summed E-state index contributed by atoms with van der Waals surface area (Å²) in [4.78, 5) is 16.2. The zero-order valence-corrected chi connectivity index (χ0v) is 16.3. The molecular formula is C19H32N8. The first-order valence-electron chi connectivity index (χ1n) is 8.62. The highest BCUT2D eigenvalue weighted by atomic mass is 15.1. The van der Waals surface area contributed by atoms with Crippen molar-refractivity contribution in [1.82, 2.24) is 24.5 Å². The van der Waals surface area contributed by atoms with Crippen molar-refractivity contribution < 1.29 is 0 Å². The van der Waals surface area contributed by atoms with Crippen molar-refractivity contribution in [3.05, 3.63) is 29.7 Å². The monoisotopic (exact) mass is 372 g/mol. The largest absolute Gasteiger partial charge is 0.368 e. The lowest BCUT2D eigenvalue weighted by Gasteiger charge is -2.09. The van der Waals surface area contributed by atoms with E-state index < -0.39 is 0 Å². The van der Waals surface area contributed by atoms with E-state index in [0.717, 1.165) is 22.5 Å². The molecular weight excluding hydrogens is 340 g/mol. The van der Waals surface area contributed by atoms with Crippen molar-refractivity contribution in [2.75, 3.05) is 16.8 Å². The number of nitrogens with one attached hydrogen (secondary N) is 1. The van der Waals surface area contributed by atoms with Crippen LogP contribution in [0.5, 0.6) is 0 Å². The number of hydrogen-bond acceptors (Lipinski definition) is 7. The summed E-state index contributed by atoms with van der Waals surface area (Å²) in [6.07, 6.45) is 3.85. The molecule has 0 saturated heterocycles. The van der Waals surface area contributed by atoms with Crippen LogP contribution < -0.4 is 16.8 Å². The summed E-state index contributed by atoms with van der Waals surface area (Å²) in [5.41, 5.74) is 15.1. The number of hydrogen-bond donors (Lipinski definition) is 3. The van der Waals surface area contributed by atoms with Gasteiger partial charge >= 0.3 is 0 Å². The standard InChI is InChI=1S/C10H14N4.C8H14N4.CH4/c1-6(2)7-5-14(3)8-4-12-10(11)13-9(7)8;1-5(2)10-7-4-6(3)11-8(9)12-7;/h4-6H,1-3H3,(H2,11,12,13);4-5H,1-3H3,(H3,9,10,11,12);1H4. The third-order valence-corrected chi connectivity index (χ3v) is 3.70. The van der Waals surface area contributed by atoms with E-state index in [2.05, 4.69) is 45.3 Å². The summed E-state index contributed by atoms with van der Waals surface area (Å²) < 4.78 is 2.03. The third kappa shape index (κ3) is 5.80. The number of rotatable bonds is 3. The predicted molar refractivity (Wildman–Crippen MR) is 114 cm³/mol. The van der Waals surface area contributed by atoms with Crippen molar-refractivity contribution >= 4 is 28.7 Å². The lowest BCUT2D eigenvalue weighted by molar-refractivity contribution is 0.856. The smallest absolute Gasteiger partial charge is 0.222 e. The Morgan fingerprint density at radius 2 is 1.70 bits per heavy atom. The number of nitrogen functional groups attached to an aromatic ring is 2. The predicted octanol–water partition coefficient (Wildman–Crippen LogP) is 3.50. The molecule has 27 heavy (non-hydrogen) atoms. The molecule has 0 radical (unpaired) electrons. The fourth-order valence-electron chi connectivity index (χ4n) is 2.58. The number of aromatic nitrogens is 5. The van der Waals surface area contributed by atoms with E-state index >= 15 is 0 Å². The molecule has 0 spiro atoms. The van der Waals surface area contributed by atoms with Gasteiger partial charge in [-0.25, -0.2) is 15.0 Å². The molecule has 0 aromatic carbocycles. The van der Waals surface area contributed by atoms with E-state index in [1.807, 2.05) is 38.5 Å². The fraction of sp³-hybridized carbons (Fsp3) is 0.474. The average Bonchev–Trinajstić information content (AvgIpc) is 2.82. The number of nitrogens with zero attached hydrogens (tertiary/aromatic N) is 5. The maximum absolute atomic E-state index is 5.57. The molecule has 148 valence electrons. The van der Waals surface area contributed by atoms with Crippen LogP contribution in [-0.4, -0.2) is 30.5 Å². The van der Waals surface area contributed by atoms with Crippen LogP contribution in [0.3, 0.4) is 0 Å². The first kappa shape index (κ1) is 22.1. The molecule has 3 heterocycles. The van der Waals surface area contributed by atoms with Gasteiger partial charge in [-0.2, -0.15) is 4.98 Å². The van der Waals surface area contributed by atoms with Gasteiger partial charge in [0.15, 0.2) is 0 Å². The highest BCUT2D eigenvalue weighted by molar-refractivity contribution is 5.80. The van der Waals surface area contributed by atoms with Gasteiger partial charge in [0.25, 0.3) is 0 Å². The van der Waals surface area contributed by atoms with E-state index in [9.17, 15) is 0 Å². The Morgan fingerprint density at radius 1 is 1.04 bits per heavy atom. The van der Waals surface area contributed by atoms with Gasteiger partial charge in [0.1, 0.15) is 5.82 Å². The molecule has 0 aliphatic carbocycles. The van der Waals surface area contributed by atoms with Crippen LogP contribution in [0.25, 0.3) is 11.0 Å². The van der Waals surface area contributed by atoms with Gasteiger partial charge < -0.3 is 21.4 Å². The molecule has 3 aromatic rings. The van der Waals surface area contributed by atoms with Gasteiger partial charge in [0, 0.05) is 31.0 Å². The first-order valence-corrected chi connectivity index (χ1v) is 8.62. The third-order valence-electron chi connectivity index (χ3n) is 3.70. The Balaban J connectivity index is 0.000000264. The number of anilines is 3. The average molecular weight is 373 g/mol. The Morgan fingerprint density at radius 3 is 2.26 bits per heavy atom. The first-order chi connectivity index (χ1) is 12.2. The van der Waals surface area contributed by atoms with E-state index in [0.29, 0.717) is 23.9 Å². The summed E-state index contributed by atoms with van der Waals surface area (Å²) in [6.45, 7) is 10.3. The Hall–Kier alpha value is -2.90. The molecule has 3 aromatic heterocycles. The summed E-state index contributed by atoms with van der Waals surface area (Å²) in [5, 5.41) is 3.16. The van der Waals surface area contributed by atoms with E-state index in [1.54, 1.807) is 6.20 Å². The van der Waals surface area contributed by atoms with E-state index in [-0.39, 0.29) is 7.43 Å². The normalized spacial score (nSPS) is 10.5. The Bertz CT molecular complexity index is 863. The lowest BCUT2D eigenvalue weighted by atomic mass is 10.1. The summed E-state index contributed by atoms with van der Waals surface area (Å²) in [7, 11) is 1.99. The second kappa shape index (κ2) is 9.16. The second-order valence-electron chi connectivity index (χ2n) is 6.86. The zero-order valence-electron chi connectivity index (χ0n) is 16.3. The topological polar surface area (TPSA) is 121 Å². The summed E-state index contributed by atoms with van der Waals surface area (Å²) in [5.74, 6) is 1.90. The Kier molecular flexibility index (Phi) is 7.51. The van der Waals surface area contributed by atoms with Crippen LogP contribution in [0.2, 0.25) is 0 Å². The molecule has 0 aliphatic rings.